The van der Waals surface area contributed by atoms with Crippen LogP contribution in [0.2, 0.25) is 0 Å². The number of aryl methyl sites for hydroxylation is 4. The molecule has 0 unspecified atom stereocenters. The highest BCUT2D eigenvalue weighted by Crippen LogP contribution is 2.39. The van der Waals surface area contributed by atoms with Gasteiger partial charge in [0.05, 0.1) is 11.4 Å². The smallest absolute Gasteiger partial charge is 0.209 e. The Hall–Kier alpha value is -2.74. The maximum atomic E-state index is 3.60. The first-order valence-electron chi connectivity index (χ1n) is 9.53. The first kappa shape index (κ1) is 17.7. The number of fused-ring (bicyclic) bond motifs is 1. The second-order valence-corrected chi connectivity index (χ2v) is 7.75. The summed E-state index contributed by atoms with van der Waals surface area (Å²) < 4.78 is 0. The van der Waals surface area contributed by atoms with Gasteiger partial charge in [-0.15, -0.1) is 0 Å². The van der Waals surface area contributed by atoms with Crippen molar-refractivity contribution in [2.75, 3.05) is 9.80 Å². The molecule has 3 aromatic carbocycles. The molecule has 2 heteroatoms. The van der Waals surface area contributed by atoms with E-state index >= 15 is 0 Å². The van der Waals surface area contributed by atoms with Crippen LogP contribution in [0.1, 0.15) is 33.4 Å². The Balaban J connectivity index is 1.60. The summed E-state index contributed by atoms with van der Waals surface area (Å²) in [5.41, 5.74) is 10.3. The molecule has 1 heterocycles. The average molecular weight is 354 g/mol. The first-order valence-corrected chi connectivity index (χ1v) is 9.53. The zero-order valence-electron chi connectivity index (χ0n) is 16.6. The minimum absolute atomic E-state index is 0.836. The topological polar surface area (TPSA) is 6.48 Å². The lowest BCUT2D eigenvalue weighted by molar-refractivity contribution is 0.847. The number of hydrogen-bond acceptors (Lipinski definition) is 2. The van der Waals surface area contributed by atoms with E-state index in [4.69, 9.17) is 0 Å². The van der Waals surface area contributed by atoms with Gasteiger partial charge in [-0.05, 0) is 51.0 Å². The van der Waals surface area contributed by atoms with Crippen molar-refractivity contribution in [2.24, 2.45) is 0 Å². The van der Waals surface area contributed by atoms with E-state index in [1.807, 2.05) is 0 Å². The maximum absolute atomic E-state index is 3.60. The van der Waals surface area contributed by atoms with E-state index in [1.165, 1.54) is 44.8 Å². The maximum Gasteiger partial charge on any atom is 0.209 e. The van der Waals surface area contributed by atoms with Gasteiger partial charge < -0.3 is 9.80 Å². The van der Waals surface area contributed by atoms with Crippen LogP contribution in [0.15, 0.2) is 60.7 Å². The summed E-state index contributed by atoms with van der Waals surface area (Å²) in [6, 6.07) is 22.1. The number of hydrogen-bond donors (Lipinski definition) is 0. The minimum atomic E-state index is 0.836. The standard InChI is InChI=1S/C25H26N2/c1-18-9-19(2)12-22(11-18)15-26-17-27(25-8-6-5-7-24(25)26)16-23-13-20(3)10-21(4)14-23/h5-14H,15-16H2,1-4H3. The molecule has 1 aliphatic rings. The number of para-hydroxylation sites is 2. The summed E-state index contributed by atoms with van der Waals surface area (Å²) in [6.07, 6.45) is 0. The highest BCUT2D eigenvalue weighted by molar-refractivity contribution is 5.78. The van der Waals surface area contributed by atoms with Crippen molar-refractivity contribution < 1.29 is 0 Å². The lowest BCUT2D eigenvalue weighted by Gasteiger charge is -2.20. The molecule has 1 aliphatic heterocycles. The van der Waals surface area contributed by atoms with E-state index in [0.717, 1.165) is 13.1 Å². The molecule has 2 radical (unpaired) electrons. The van der Waals surface area contributed by atoms with Crippen LogP contribution in [0, 0.1) is 34.4 Å². The molecule has 136 valence electrons. The van der Waals surface area contributed by atoms with Crippen LogP contribution in [0.3, 0.4) is 0 Å². The van der Waals surface area contributed by atoms with Gasteiger partial charge in [0.25, 0.3) is 0 Å². The van der Waals surface area contributed by atoms with Gasteiger partial charge in [0.2, 0.25) is 6.67 Å². The van der Waals surface area contributed by atoms with Crippen molar-refractivity contribution in [3.05, 3.63) is 101 Å². The van der Waals surface area contributed by atoms with Gasteiger partial charge in [0, 0.05) is 13.1 Å². The molecule has 0 bridgehead atoms. The number of benzene rings is 3. The van der Waals surface area contributed by atoms with Crippen LogP contribution in [-0.4, -0.2) is 0 Å². The molecule has 0 amide bonds. The van der Waals surface area contributed by atoms with Crippen LogP contribution >= 0.6 is 0 Å². The second kappa shape index (κ2) is 7.11. The Bertz CT molecular complexity index is 855. The highest BCUT2D eigenvalue weighted by Gasteiger charge is 2.27. The Kier molecular flexibility index (Phi) is 4.65. The predicted molar refractivity (Wildman–Crippen MR) is 114 cm³/mol. The lowest BCUT2D eigenvalue weighted by Crippen LogP contribution is -2.24. The van der Waals surface area contributed by atoms with Crippen LogP contribution in [0.4, 0.5) is 11.4 Å². The van der Waals surface area contributed by atoms with Gasteiger partial charge in [-0.25, -0.2) is 0 Å². The van der Waals surface area contributed by atoms with Crippen LogP contribution in [0.5, 0.6) is 0 Å². The zero-order chi connectivity index (χ0) is 19.0. The van der Waals surface area contributed by atoms with E-state index in [9.17, 15) is 0 Å². The van der Waals surface area contributed by atoms with Gasteiger partial charge in [-0.3, -0.25) is 0 Å². The molecule has 0 saturated heterocycles. The zero-order valence-corrected chi connectivity index (χ0v) is 16.6. The SMILES string of the molecule is Cc1cc(C)cc(CN2[C]N(Cc3cc(C)cc(C)c3)c3ccccc32)c1. The molecular formula is C25H26N2. The van der Waals surface area contributed by atoms with E-state index < -0.39 is 0 Å². The largest absolute Gasteiger partial charge is 0.335 e. The molecular weight excluding hydrogens is 328 g/mol. The lowest BCUT2D eigenvalue weighted by atomic mass is 10.1. The van der Waals surface area contributed by atoms with E-state index in [0.29, 0.717) is 0 Å². The second-order valence-electron chi connectivity index (χ2n) is 7.75. The van der Waals surface area contributed by atoms with E-state index in [1.54, 1.807) is 0 Å². The Morgan fingerprint density at radius 1 is 0.593 bits per heavy atom. The molecule has 0 spiro atoms. The Morgan fingerprint density at radius 3 is 1.33 bits per heavy atom. The van der Waals surface area contributed by atoms with Crippen molar-refractivity contribution in [1.29, 1.82) is 0 Å². The fraction of sp³-hybridized carbons (Fsp3) is 0.240. The van der Waals surface area contributed by atoms with Crippen LogP contribution in [-0.2, 0) is 13.1 Å². The quantitative estimate of drug-likeness (QED) is 0.572. The molecule has 0 aromatic heterocycles. The third-order valence-electron chi connectivity index (χ3n) is 4.95. The third kappa shape index (κ3) is 3.85. The Morgan fingerprint density at radius 2 is 0.963 bits per heavy atom. The van der Waals surface area contributed by atoms with Crippen molar-refractivity contribution in [2.45, 2.75) is 40.8 Å². The normalized spacial score (nSPS) is 13.2. The monoisotopic (exact) mass is 354 g/mol. The van der Waals surface area contributed by atoms with Gasteiger partial charge in [0.1, 0.15) is 0 Å². The van der Waals surface area contributed by atoms with Crippen LogP contribution in [0.25, 0.3) is 0 Å². The number of rotatable bonds is 4. The van der Waals surface area contributed by atoms with Crippen molar-refractivity contribution in [3.63, 3.8) is 0 Å². The molecule has 4 rings (SSSR count). The molecule has 0 N–H and O–H groups in total. The minimum Gasteiger partial charge on any atom is -0.335 e. The fourth-order valence-corrected chi connectivity index (χ4v) is 4.10. The highest BCUT2D eigenvalue weighted by atomic mass is 15.4. The summed E-state index contributed by atoms with van der Waals surface area (Å²) in [7, 11) is 0. The van der Waals surface area contributed by atoms with E-state index in [2.05, 4.69) is 105 Å². The first-order chi connectivity index (χ1) is 13.0. The summed E-state index contributed by atoms with van der Waals surface area (Å²) >= 11 is 0. The summed E-state index contributed by atoms with van der Waals surface area (Å²) in [5, 5.41) is 0. The van der Waals surface area contributed by atoms with Crippen LogP contribution < -0.4 is 9.80 Å². The summed E-state index contributed by atoms with van der Waals surface area (Å²) in [5.74, 6) is 0. The molecule has 0 atom stereocenters. The number of anilines is 2. The van der Waals surface area contributed by atoms with Crippen molar-refractivity contribution >= 4 is 11.4 Å². The van der Waals surface area contributed by atoms with Gasteiger partial charge in [0.15, 0.2) is 0 Å². The van der Waals surface area contributed by atoms with Crippen molar-refractivity contribution in [3.8, 4) is 0 Å². The molecule has 27 heavy (non-hydrogen) atoms. The van der Waals surface area contributed by atoms with E-state index in [-0.39, 0.29) is 0 Å². The molecule has 0 fully saturated rings. The van der Waals surface area contributed by atoms with Crippen molar-refractivity contribution in [1.82, 2.24) is 0 Å². The number of nitrogens with zero attached hydrogens (tertiary/aromatic N) is 2. The van der Waals surface area contributed by atoms with Gasteiger partial charge in [-0.2, -0.15) is 0 Å². The molecule has 2 nitrogen and oxygen atoms in total. The summed E-state index contributed by atoms with van der Waals surface area (Å²) in [4.78, 5) is 4.48. The summed E-state index contributed by atoms with van der Waals surface area (Å²) in [6.45, 7) is 13.9. The predicted octanol–water partition coefficient (Wildman–Crippen LogP) is 5.94. The third-order valence-corrected chi connectivity index (χ3v) is 4.95. The molecule has 3 aromatic rings. The Labute approximate surface area is 163 Å². The molecule has 0 aliphatic carbocycles. The van der Waals surface area contributed by atoms with Gasteiger partial charge >= 0.3 is 0 Å². The fourth-order valence-electron chi connectivity index (χ4n) is 4.10. The van der Waals surface area contributed by atoms with Gasteiger partial charge in [-0.1, -0.05) is 70.8 Å². The molecule has 0 saturated carbocycles. The average Bonchev–Trinajstić information content (AvgIpc) is 2.91.